The Bertz CT molecular complexity index is 461. The lowest BCUT2D eigenvalue weighted by Gasteiger charge is -2.12. The predicted octanol–water partition coefficient (Wildman–Crippen LogP) is 4.62. The van der Waals surface area contributed by atoms with Crippen molar-refractivity contribution >= 4 is 34.3 Å². The van der Waals surface area contributed by atoms with Gasteiger partial charge in [0.15, 0.2) is 0 Å². The molecule has 0 saturated heterocycles. The van der Waals surface area contributed by atoms with E-state index in [1.54, 1.807) is 22.7 Å². The van der Waals surface area contributed by atoms with Gasteiger partial charge in [-0.1, -0.05) is 11.6 Å². The van der Waals surface area contributed by atoms with Crippen molar-refractivity contribution in [3.8, 4) is 0 Å². The Morgan fingerprint density at radius 1 is 1.38 bits per heavy atom. The molecular formula is C12H14ClNS2. The van der Waals surface area contributed by atoms with Gasteiger partial charge in [-0.3, -0.25) is 0 Å². The first-order chi connectivity index (χ1) is 7.66. The molecule has 16 heavy (non-hydrogen) atoms. The molecule has 0 saturated carbocycles. The zero-order valence-electron chi connectivity index (χ0n) is 9.29. The number of hydrogen-bond donors (Lipinski definition) is 1. The molecule has 2 aromatic heterocycles. The lowest BCUT2D eigenvalue weighted by molar-refractivity contribution is 0.576. The van der Waals surface area contributed by atoms with Gasteiger partial charge in [-0.15, -0.1) is 11.3 Å². The fourth-order valence-electron chi connectivity index (χ4n) is 1.50. The largest absolute Gasteiger partial charge is 0.306 e. The summed E-state index contributed by atoms with van der Waals surface area (Å²) in [4.78, 5) is 0. The van der Waals surface area contributed by atoms with E-state index >= 15 is 0 Å². The molecule has 0 aliphatic heterocycles. The van der Waals surface area contributed by atoms with Gasteiger partial charge in [-0.2, -0.15) is 11.3 Å². The Balaban J connectivity index is 1.93. The molecule has 0 amide bonds. The SMILES string of the molecule is Cc1cscc1CNC(C)c1csc(Cl)c1. The van der Waals surface area contributed by atoms with Gasteiger partial charge in [0.05, 0.1) is 4.34 Å². The number of nitrogens with one attached hydrogen (secondary N) is 1. The van der Waals surface area contributed by atoms with Crippen LogP contribution in [-0.4, -0.2) is 0 Å². The van der Waals surface area contributed by atoms with Crippen molar-refractivity contribution in [2.75, 3.05) is 0 Å². The van der Waals surface area contributed by atoms with Crippen LogP contribution in [0.25, 0.3) is 0 Å². The Hall–Kier alpha value is -0.350. The van der Waals surface area contributed by atoms with Crippen molar-refractivity contribution in [1.29, 1.82) is 0 Å². The summed E-state index contributed by atoms with van der Waals surface area (Å²) in [6.07, 6.45) is 0. The number of rotatable bonds is 4. The summed E-state index contributed by atoms with van der Waals surface area (Å²) in [5.74, 6) is 0. The first kappa shape index (κ1) is 12.1. The molecule has 2 aromatic rings. The van der Waals surface area contributed by atoms with Crippen LogP contribution in [0.1, 0.15) is 29.7 Å². The molecule has 1 N–H and O–H groups in total. The molecule has 0 bridgehead atoms. The third-order valence-electron chi connectivity index (χ3n) is 2.65. The molecule has 1 nitrogen and oxygen atoms in total. The van der Waals surface area contributed by atoms with E-state index in [1.165, 1.54) is 16.7 Å². The van der Waals surface area contributed by atoms with E-state index in [-0.39, 0.29) is 0 Å². The highest BCUT2D eigenvalue weighted by Gasteiger charge is 2.08. The second-order valence-electron chi connectivity index (χ2n) is 3.87. The van der Waals surface area contributed by atoms with Crippen molar-refractivity contribution in [2.24, 2.45) is 0 Å². The maximum absolute atomic E-state index is 5.92. The van der Waals surface area contributed by atoms with Crippen LogP contribution in [0.15, 0.2) is 22.2 Å². The van der Waals surface area contributed by atoms with Crippen LogP contribution < -0.4 is 5.32 Å². The molecule has 1 atom stereocenters. The lowest BCUT2D eigenvalue weighted by Crippen LogP contribution is -2.17. The number of hydrogen-bond acceptors (Lipinski definition) is 3. The number of thiophene rings is 2. The van der Waals surface area contributed by atoms with Crippen LogP contribution in [0.4, 0.5) is 0 Å². The molecule has 0 aliphatic carbocycles. The highest BCUT2D eigenvalue weighted by Crippen LogP contribution is 2.25. The topological polar surface area (TPSA) is 12.0 Å². The van der Waals surface area contributed by atoms with Crippen molar-refractivity contribution < 1.29 is 0 Å². The average Bonchev–Trinajstić information content (AvgIpc) is 2.84. The van der Waals surface area contributed by atoms with Gasteiger partial charge in [-0.25, -0.2) is 0 Å². The zero-order valence-corrected chi connectivity index (χ0v) is 11.7. The summed E-state index contributed by atoms with van der Waals surface area (Å²) >= 11 is 9.27. The van der Waals surface area contributed by atoms with Gasteiger partial charge >= 0.3 is 0 Å². The highest BCUT2D eigenvalue weighted by molar-refractivity contribution is 7.14. The third-order valence-corrected chi connectivity index (χ3v) is 4.67. The van der Waals surface area contributed by atoms with Crippen molar-refractivity contribution in [3.63, 3.8) is 0 Å². The first-order valence-corrected chi connectivity index (χ1v) is 7.36. The Kier molecular flexibility index (Phi) is 4.03. The second kappa shape index (κ2) is 5.32. The minimum Gasteiger partial charge on any atom is -0.306 e. The van der Waals surface area contributed by atoms with Crippen LogP contribution in [0.3, 0.4) is 0 Å². The lowest BCUT2D eigenvalue weighted by atomic mass is 10.1. The maximum atomic E-state index is 5.92. The van der Waals surface area contributed by atoms with E-state index in [1.807, 2.05) is 6.07 Å². The quantitative estimate of drug-likeness (QED) is 0.855. The van der Waals surface area contributed by atoms with Crippen LogP contribution in [-0.2, 0) is 6.54 Å². The van der Waals surface area contributed by atoms with Crippen LogP contribution in [0.5, 0.6) is 0 Å². The average molecular weight is 272 g/mol. The molecule has 2 heterocycles. The molecular weight excluding hydrogens is 258 g/mol. The fourth-order valence-corrected chi connectivity index (χ4v) is 3.34. The van der Waals surface area contributed by atoms with E-state index in [4.69, 9.17) is 11.6 Å². The smallest absolute Gasteiger partial charge is 0.0931 e. The van der Waals surface area contributed by atoms with Crippen LogP contribution in [0, 0.1) is 6.92 Å². The molecule has 0 aromatic carbocycles. The van der Waals surface area contributed by atoms with Gasteiger partial charge in [-0.05, 0) is 52.7 Å². The summed E-state index contributed by atoms with van der Waals surface area (Å²) in [6, 6.07) is 2.38. The van der Waals surface area contributed by atoms with Crippen LogP contribution >= 0.6 is 34.3 Å². The van der Waals surface area contributed by atoms with Crippen LogP contribution in [0.2, 0.25) is 4.34 Å². The second-order valence-corrected chi connectivity index (χ2v) is 6.15. The summed E-state index contributed by atoms with van der Waals surface area (Å²) < 4.78 is 0.857. The standard InChI is InChI=1S/C12H14ClNS2/c1-8-5-15-6-11(8)4-14-9(2)10-3-12(13)16-7-10/h3,5-7,9,14H,4H2,1-2H3. The highest BCUT2D eigenvalue weighted by atomic mass is 35.5. The van der Waals surface area contributed by atoms with Gasteiger partial charge in [0.1, 0.15) is 0 Å². The van der Waals surface area contributed by atoms with Gasteiger partial charge in [0.25, 0.3) is 0 Å². The van der Waals surface area contributed by atoms with Gasteiger partial charge < -0.3 is 5.32 Å². The van der Waals surface area contributed by atoms with Crippen molar-refractivity contribution in [3.05, 3.63) is 43.2 Å². The Morgan fingerprint density at radius 2 is 2.19 bits per heavy atom. The normalized spacial score (nSPS) is 12.9. The predicted molar refractivity (Wildman–Crippen MR) is 73.6 cm³/mol. The monoisotopic (exact) mass is 271 g/mol. The minimum absolute atomic E-state index is 0.350. The third kappa shape index (κ3) is 2.86. The van der Waals surface area contributed by atoms with Crippen molar-refractivity contribution in [2.45, 2.75) is 26.4 Å². The number of aryl methyl sites for hydroxylation is 1. The number of halogens is 1. The summed E-state index contributed by atoms with van der Waals surface area (Å²) in [5.41, 5.74) is 4.02. The summed E-state index contributed by atoms with van der Waals surface area (Å²) in [5, 5.41) is 10.0. The molecule has 0 aliphatic rings. The molecule has 0 fully saturated rings. The minimum atomic E-state index is 0.350. The first-order valence-electron chi connectivity index (χ1n) is 5.16. The molecule has 4 heteroatoms. The summed E-state index contributed by atoms with van der Waals surface area (Å²) in [6.45, 7) is 5.24. The Labute approximate surface area is 109 Å². The molecule has 1 unspecified atom stereocenters. The summed E-state index contributed by atoms with van der Waals surface area (Å²) in [7, 11) is 0. The molecule has 86 valence electrons. The van der Waals surface area contributed by atoms with Crippen molar-refractivity contribution in [1.82, 2.24) is 5.32 Å². The fraction of sp³-hybridized carbons (Fsp3) is 0.333. The van der Waals surface area contributed by atoms with Gasteiger partial charge in [0, 0.05) is 12.6 Å². The molecule has 2 rings (SSSR count). The molecule has 0 spiro atoms. The maximum Gasteiger partial charge on any atom is 0.0931 e. The van der Waals surface area contributed by atoms with E-state index in [2.05, 4.69) is 35.3 Å². The van der Waals surface area contributed by atoms with Gasteiger partial charge in [0.2, 0.25) is 0 Å². The van der Waals surface area contributed by atoms with E-state index < -0.39 is 0 Å². The molecule has 0 radical (unpaired) electrons. The zero-order chi connectivity index (χ0) is 11.5. The van der Waals surface area contributed by atoms with E-state index in [9.17, 15) is 0 Å². The van der Waals surface area contributed by atoms with E-state index in [0.29, 0.717) is 6.04 Å². The Morgan fingerprint density at radius 3 is 2.75 bits per heavy atom. The van der Waals surface area contributed by atoms with E-state index in [0.717, 1.165) is 10.9 Å².